The zero-order valence-electron chi connectivity index (χ0n) is 11.5. The molecule has 2 aliphatic carbocycles. The molecule has 1 fully saturated rings. The van der Waals surface area contributed by atoms with Crippen molar-refractivity contribution < 1.29 is 0 Å². The van der Waals surface area contributed by atoms with Crippen LogP contribution in [0.25, 0.3) is 0 Å². The first kappa shape index (κ1) is 12.2. The van der Waals surface area contributed by atoms with Gasteiger partial charge in [-0.25, -0.2) is 0 Å². The second-order valence-corrected chi connectivity index (χ2v) is 6.26. The number of benzene rings is 1. The van der Waals surface area contributed by atoms with Crippen LogP contribution in [0.15, 0.2) is 24.3 Å². The molecule has 0 spiro atoms. The van der Waals surface area contributed by atoms with Crippen LogP contribution in [-0.2, 0) is 6.42 Å². The Hall–Kier alpha value is -0.820. The molecule has 0 heterocycles. The summed E-state index contributed by atoms with van der Waals surface area (Å²) in [6.45, 7) is 4.79. The van der Waals surface area contributed by atoms with Gasteiger partial charge in [0.05, 0.1) is 0 Å². The lowest BCUT2D eigenvalue weighted by Crippen LogP contribution is -2.28. The highest BCUT2D eigenvalue weighted by Crippen LogP contribution is 2.36. The van der Waals surface area contributed by atoms with Crippen molar-refractivity contribution in [3.8, 4) is 0 Å². The molecule has 2 atom stereocenters. The molecule has 1 nitrogen and oxygen atoms in total. The highest BCUT2D eigenvalue weighted by Gasteiger charge is 2.27. The Labute approximate surface area is 111 Å². The van der Waals surface area contributed by atoms with Gasteiger partial charge in [-0.3, -0.25) is 0 Å². The zero-order valence-corrected chi connectivity index (χ0v) is 11.5. The minimum Gasteiger partial charge on any atom is -0.316 e. The number of hydrogen-bond donors (Lipinski definition) is 1. The van der Waals surface area contributed by atoms with Crippen LogP contribution in [0.5, 0.6) is 0 Å². The molecule has 0 bridgehead atoms. The molecule has 0 radical (unpaired) electrons. The van der Waals surface area contributed by atoms with E-state index in [1.807, 2.05) is 0 Å². The van der Waals surface area contributed by atoms with Gasteiger partial charge in [-0.1, -0.05) is 31.2 Å². The maximum atomic E-state index is 3.72. The van der Waals surface area contributed by atoms with Gasteiger partial charge in [0, 0.05) is 6.54 Å². The van der Waals surface area contributed by atoms with Crippen molar-refractivity contribution in [1.82, 2.24) is 5.32 Å². The fraction of sp³-hybridized carbons (Fsp3) is 0.647. The summed E-state index contributed by atoms with van der Waals surface area (Å²) in [6, 6.07) is 9.03. The summed E-state index contributed by atoms with van der Waals surface area (Å²) in [7, 11) is 0. The molecule has 0 saturated heterocycles. The molecule has 2 unspecified atom stereocenters. The highest BCUT2D eigenvalue weighted by molar-refractivity contribution is 5.32. The lowest BCUT2D eigenvalue weighted by atomic mass is 9.83. The summed E-state index contributed by atoms with van der Waals surface area (Å²) < 4.78 is 0. The van der Waals surface area contributed by atoms with Gasteiger partial charge in [0.2, 0.25) is 0 Å². The molecule has 0 amide bonds. The first-order chi connectivity index (χ1) is 8.84. The van der Waals surface area contributed by atoms with Crippen LogP contribution < -0.4 is 5.32 Å². The van der Waals surface area contributed by atoms with E-state index in [2.05, 4.69) is 36.5 Å². The van der Waals surface area contributed by atoms with Crippen LogP contribution >= 0.6 is 0 Å². The van der Waals surface area contributed by atoms with Crippen molar-refractivity contribution in [3.63, 3.8) is 0 Å². The molecule has 1 heteroatoms. The predicted octanol–water partition coefficient (Wildman–Crippen LogP) is 3.74. The summed E-state index contributed by atoms with van der Waals surface area (Å²) in [6.07, 6.45) is 6.94. The number of hydrogen-bond acceptors (Lipinski definition) is 1. The Balaban J connectivity index is 1.53. The summed E-state index contributed by atoms with van der Waals surface area (Å²) in [5, 5.41) is 3.72. The quantitative estimate of drug-likeness (QED) is 0.830. The number of fused-ring (bicyclic) bond motifs is 1. The van der Waals surface area contributed by atoms with Crippen molar-refractivity contribution in [3.05, 3.63) is 35.4 Å². The number of nitrogens with one attached hydrogen (secondary N) is 1. The van der Waals surface area contributed by atoms with Gasteiger partial charge in [0.25, 0.3) is 0 Å². The Morgan fingerprint density at radius 3 is 2.89 bits per heavy atom. The molecule has 1 aromatic carbocycles. The summed E-state index contributed by atoms with van der Waals surface area (Å²) in [5.74, 6) is 2.65. The average molecular weight is 243 g/mol. The van der Waals surface area contributed by atoms with Crippen molar-refractivity contribution in [2.24, 2.45) is 11.8 Å². The van der Waals surface area contributed by atoms with E-state index in [0.29, 0.717) is 0 Å². The minimum absolute atomic E-state index is 0.751. The molecule has 2 aliphatic rings. The molecule has 0 aliphatic heterocycles. The highest BCUT2D eigenvalue weighted by atomic mass is 14.9. The van der Waals surface area contributed by atoms with Crippen LogP contribution in [0.1, 0.15) is 49.7 Å². The zero-order chi connectivity index (χ0) is 12.4. The third-order valence-corrected chi connectivity index (χ3v) is 4.78. The lowest BCUT2D eigenvalue weighted by Gasteiger charge is -2.26. The second kappa shape index (κ2) is 5.44. The predicted molar refractivity (Wildman–Crippen MR) is 76.9 cm³/mol. The van der Waals surface area contributed by atoms with E-state index in [0.717, 1.165) is 17.8 Å². The van der Waals surface area contributed by atoms with Gasteiger partial charge >= 0.3 is 0 Å². The SMILES string of the molecule is CC(CNCC1CCCc2ccccc21)C1CC1. The first-order valence-electron chi connectivity index (χ1n) is 7.63. The first-order valence-corrected chi connectivity index (χ1v) is 7.63. The Morgan fingerprint density at radius 2 is 2.06 bits per heavy atom. The van der Waals surface area contributed by atoms with Gasteiger partial charge in [-0.15, -0.1) is 0 Å². The lowest BCUT2D eigenvalue weighted by molar-refractivity contribution is 0.433. The molecule has 18 heavy (non-hydrogen) atoms. The van der Waals surface area contributed by atoms with Crippen LogP contribution in [0.4, 0.5) is 0 Å². The molecular weight excluding hydrogens is 218 g/mol. The Morgan fingerprint density at radius 1 is 1.22 bits per heavy atom. The monoisotopic (exact) mass is 243 g/mol. The standard InChI is InChI=1S/C17H25N/c1-13(14-9-10-14)11-18-12-16-7-4-6-15-5-2-3-8-17(15)16/h2-3,5,8,13-14,16,18H,4,6-7,9-12H2,1H3. The van der Waals surface area contributed by atoms with Gasteiger partial charge in [0.15, 0.2) is 0 Å². The molecule has 1 aromatic rings. The maximum absolute atomic E-state index is 3.72. The van der Waals surface area contributed by atoms with E-state index < -0.39 is 0 Å². The Kier molecular flexibility index (Phi) is 3.69. The van der Waals surface area contributed by atoms with Crippen LogP contribution in [0, 0.1) is 11.8 Å². The van der Waals surface area contributed by atoms with E-state index in [9.17, 15) is 0 Å². The smallest absolute Gasteiger partial charge is 0.00203 e. The fourth-order valence-corrected chi connectivity index (χ4v) is 3.38. The average Bonchev–Trinajstić information content (AvgIpc) is 3.23. The molecule has 98 valence electrons. The van der Waals surface area contributed by atoms with Crippen molar-refractivity contribution >= 4 is 0 Å². The van der Waals surface area contributed by atoms with Crippen LogP contribution in [0.3, 0.4) is 0 Å². The number of aryl methyl sites for hydroxylation is 1. The summed E-state index contributed by atoms with van der Waals surface area (Å²) in [5.41, 5.74) is 3.20. The number of rotatable bonds is 5. The van der Waals surface area contributed by atoms with E-state index in [4.69, 9.17) is 0 Å². The van der Waals surface area contributed by atoms with E-state index in [1.54, 1.807) is 11.1 Å². The fourth-order valence-electron chi connectivity index (χ4n) is 3.38. The maximum Gasteiger partial charge on any atom is 0.00203 e. The van der Waals surface area contributed by atoms with Gasteiger partial charge in [-0.05, 0) is 67.5 Å². The third kappa shape index (κ3) is 2.77. The minimum atomic E-state index is 0.751. The van der Waals surface area contributed by atoms with Gasteiger partial charge in [-0.2, -0.15) is 0 Å². The van der Waals surface area contributed by atoms with E-state index in [1.165, 1.54) is 45.2 Å². The summed E-state index contributed by atoms with van der Waals surface area (Å²) in [4.78, 5) is 0. The third-order valence-electron chi connectivity index (χ3n) is 4.78. The second-order valence-electron chi connectivity index (χ2n) is 6.26. The van der Waals surface area contributed by atoms with E-state index >= 15 is 0 Å². The Bertz CT molecular complexity index is 394. The molecule has 0 aromatic heterocycles. The van der Waals surface area contributed by atoms with Gasteiger partial charge in [0.1, 0.15) is 0 Å². The molecule has 1 N–H and O–H groups in total. The van der Waals surface area contributed by atoms with Crippen molar-refractivity contribution in [2.75, 3.05) is 13.1 Å². The summed E-state index contributed by atoms with van der Waals surface area (Å²) >= 11 is 0. The molecular formula is C17H25N. The molecule has 3 rings (SSSR count). The van der Waals surface area contributed by atoms with Crippen molar-refractivity contribution in [2.45, 2.75) is 44.9 Å². The van der Waals surface area contributed by atoms with Crippen molar-refractivity contribution in [1.29, 1.82) is 0 Å². The van der Waals surface area contributed by atoms with E-state index in [-0.39, 0.29) is 0 Å². The largest absolute Gasteiger partial charge is 0.316 e. The topological polar surface area (TPSA) is 12.0 Å². The van der Waals surface area contributed by atoms with Crippen LogP contribution in [-0.4, -0.2) is 13.1 Å². The molecule has 1 saturated carbocycles. The van der Waals surface area contributed by atoms with Crippen LogP contribution in [0.2, 0.25) is 0 Å². The normalized spacial score (nSPS) is 24.6. The van der Waals surface area contributed by atoms with Gasteiger partial charge < -0.3 is 5.32 Å².